The van der Waals surface area contributed by atoms with Crippen molar-refractivity contribution in [1.82, 2.24) is 0 Å². The van der Waals surface area contributed by atoms with Crippen LogP contribution >= 0.6 is 0 Å². The lowest BCUT2D eigenvalue weighted by atomic mass is 9.96. The van der Waals surface area contributed by atoms with Gasteiger partial charge in [-0.15, -0.1) is 13.2 Å². The number of rotatable bonds is 7. The lowest BCUT2D eigenvalue weighted by Gasteiger charge is -2.08. The Balaban J connectivity index is 1.80. The molecule has 0 aliphatic carbocycles. The Kier molecular flexibility index (Phi) is 3.41. The summed E-state index contributed by atoms with van der Waals surface area (Å²) in [4.78, 5) is 0. The van der Waals surface area contributed by atoms with Gasteiger partial charge in [-0.3, -0.25) is 0 Å². The minimum Gasteiger partial charge on any atom is -0.390 e. The molecule has 2 saturated heterocycles. The standard InChI is InChI=1S/C13H20O4/c1-4-6-9(15)10-11(16-10)12-13(3,17-12)7-8(14)5-2/h4-5,8-12,14-15H,1-2,6-7H2,3H3/t8-,9-,10+,11+,12-,13-/m1/s1. The molecule has 0 aromatic heterocycles. The van der Waals surface area contributed by atoms with Gasteiger partial charge in [0.2, 0.25) is 0 Å². The molecule has 17 heavy (non-hydrogen) atoms. The van der Waals surface area contributed by atoms with Gasteiger partial charge in [0.1, 0.15) is 18.3 Å². The minimum atomic E-state index is -0.555. The fourth-order valence-electron chi connectivity index (χ4n) is 2.33. The third-order valence-electron chi connectivity index (χ3n) is 3.47. The van der Waals surface area contributed by atoms with Crippen molar-refractivity contribution in [2.75, 3.05) is 0 Å². The Labute approximate surface area is 102 Å². The minimum absolute atomic E-state index is 0.0263. The molecule has 0 spiro atoms. The van der Waals surface area contributed by atoms with E-state index in [1.165, 1.54) is 6.08 Å². The van der Waals surface area contributed by atoms with Crippen molar-refractivity contribution in [2.45, 2.75) is 55.9 Å². The van der Waals surface area contributed by atoms with Crippen molar-refractivity contribution in [3.63, 3.8) is 0 Å². The van der Waals surface area contributed by atoms with E-state index in [1.807, 2.05) is 6.92 Å². The zero-order valence-corrected chi connectivity index (χ0v) is 10.1. The van der Waals surface area contributed by atoms with Gasteiger partial charge in [-0.25, -0.2) is 0 Å². The van der Waals surface area contributed by atoms with E-state index in [9.17, 15) is 10.2 Å². The molecule has 4 heteroatoms. The summed E-state index contributed by atoms with van der Waals surface area (Å²) in [5.74, 6) is 0. The van der Waals surface area contributed by atoms with Crippen molar-refractivity contribution < 1.29 is 19.7 Å². The Hall–Kier alpha value is -0.680. The molecular weight excluding hydrogens is 220 g/mol. The molecule has 0 unspecified atom stereocenters. The average molecular weight is 240 g/mol. The summed E-state index contributed by atoms with van der Waals surface area (Å²) >= 11 is 0. The molecule has 6 atom stereocenters. The van der Waals surface area contributed by atoms with Crippen LogP contribution in [0, 0.1) is 0 Å². The van der Waals surface area contributed by atoms with Crippen LogP contribution in [-0.4, -0.2) is 46.3 Å². The SMILES string of the molecule is C=CC[C@@H](O)[C@@H]1O[C@@H]1[C@H]1O[C@]1(C)C[C@H](O)C=C. The smallest absolute Gasteiger partial charge is 0.116 e. The molecule has 0 radical (unpaired) electrons. The predicted molar refractivity (Wildman–Crippen MR) is 63.6 cm³/mol. The Morgan fingerprint density at radius 3 is 2.71 bits per heavy atom. The molecule has 0 saturated carbocycles. The first-order valence-corrected chi connectivity index (χ1v) is 5.94. The first-order chi connectivity index (χ1) is 8.01. The maximum atomic E-state index is 9.72. The molecule has 0 bridgehead atoms. The summed E-state index contributed by atoms with van der Waals surface area (Å²) in [5, 5.41) is 19.2. The Morgan fingerprint density at radius 1 is 1.41 bits per heavy atom. The summed E-state index contributed by atoms with van der Waals surface area (Å²) in [6, 6.07) is 0. The summed E-state index contributed by atoms with van der Waals surface area (Å²) in [6.45, 7) is 9.07. The van der Waals surface area contributed by atoms with Crippen molar-refractivity contribution in [3.8, 4) is 0 Å². The van der Waals surface area contributed by atoms with Crippen molar-refractivity contribution in [2.24, 2.45) is 0 Å². The summed E-state index contributed by atoms with van der Waals surface area (Å²) in [5.41, 5.74) is -0.346. The van der Waals surface area contributed by atoms with Crippen LogP contribution in [0.2, 0.25) is 0 Å². The normalized spacial score (nSPS) is 42.6. The van der Waals surface area contributed by atoms with E-state index in [2.05, 4.69) is 13.2 Å². The van der Waals surface area contributed by atoms with Gasteiger partial charge in [0.05, 0.1) is 17.8 Å². The predicted octanol–water partition coefficient (Wildman–Crippen LogP) is 0.785. The van der Waals surface area contributed by atoms with E-state index in [4.69, 9.17) is 9.47 Å². The molecule has 0 amide bonds. The Morgan fingerprint density at radius 2 is 2.12 bits per heavy atom. The monoisotopic (exact) mass is 240 g/mol. The fraction of sp³-hybridized carbons (Fsp3) is 0.692. The van der Waals surface area contributed by atoms with E-state index in [-0.39, 0.29) is 23.9 Å². The van der Waals surface area contributed by atoms with Gasteiger partial charge >= 0.3 is 0 Å². The van der Waals surface area contributed by atoms with Gasteiger partial charge in [0.15, 0.2) is 0 Å². The highest BCUT2D eigenvalue weighted by Crippen LogP contribution is 2.50. The largest absolute Gasteiger partial charge is 0.390 e. The van der Waals surface area contributed by atoms with Gasteiger partial charge in [0, 0.05) is 6.42 Å². The van der Waals surface area contributed by atoms with E-state index in [0.717, 1.165) is 0 Å². The van der Waals surface area contributed by atoms with Crippen molar-refractivity contribution in [3.05, 3.63) is 25.3 Å². The fourth-order valence-corrected chi connectivity index (χ4v) is 2.33. The Bertz CT molecular complexity index is 317. The molecule has 2 aliphatic heterocycles. The maximum absolute atomic E-state index is 9.72. The molecule has 2 heterocycles. The molecule has 0 aromatic rings. The zero-order chi connectivity index (χ0) is 12.6. The maximum Gasteiger partial charge on any atom is 0.116 e. The lowest BCUT2D eigenvalue weighted by Crippen LogP contribution is -2.24. The van der Waals surface area contributed by atoms with Crippen LogP contribution in [0.25, 0.3) is 0 Å². The molecule has 0 aromatic carbocycles. The van der Waals surface area contributed by atoms with Gasteiger partial charge in [-0.05, 0) is 13.3 Å². The lowest BCUT2D eigenvalue weighted by molar-refractivity contribution is 0.138. The first kappa shape index (κ1) is 12.8. The zero-order valence-electron chi connectivity index (χ0n) is 10.1. The number of aliphatic hydroxyl groups is 2. The van der Waals surface area contributed by atoms with Crippen LogP contribution in [0.3, 0.4) is 0 Å². The van der Waals surface area contributed by atoms with E-state index in [1.54, 1.807) is 6.08 Å². The molecule has 96 valence electrons. The highest BCUT2D eigenvalue weighted by Gasteiger charge is 2.65. The van der Waals surface area contributed by atoms with Crippen molar-refractivity contribution >= 4 is 0 Å². The highest BCUT2D eigenvalue weighted by atomic mass is 16.7. The second-order valence-electron chi connectivity index (χ2n) is 5.02. The third-order valence-corrected chi connectivity index (χ3v) is 3.47. The molecule has 4 nitrogen and oxygen atoms in total. The van der Waals surface area contributed by atoms with Crippen molar-refractivity contribution in [1.29, 1.82) is 0 Å². The number of hydrogen-bond acceptors (Lipinski definition) is 4. The first-order valence-electron chi connectivity index (χ1n) is 5.94. The van der Waals surface area contributed by atoms with Crippen LogP contribution in [0.1, 0.15) is 19.8 Å². The number of epoxide rings is 2. The molecule has 2 aliphatic rings. The molecular formula is C13H20O4. The topological polar surface area (TPSA) is 65.5 Å². The van der Waals surface area contributed by atoms with Gasteiger partial charge < -0.3 is 19.7 Å². The molecule has 2 fully saturated rings. The van der Waals surface area contributed by atoms with Gasteiger partial charge in [-0.2, -0.15) is 0 Å². The number of hydrogen-bond donors (Lipinski definition) is 2. The third kappa shape index (κ3) is 2.60. The van der Waals surface area contributed by atoms with Crippen LogP contribution in [0.15, 0.2) is 25.3 Å². The summed E-state index contributed by atoms with van der Waals surface area (Å²) in [7, 11) is 0. The quantitative estimate of drug-likeness (QED) is 0.510. The highest BCUT2D eigenvalue weighted by molar-refractivity contribution is 5.13. The number of aliphatic hydroxyl groups excluding tert-OH is 2. The molecule has 2 rings (SSSR count). The second kappa shape index (κ2) is 4.53. The van der Waals surface area contributed by atoms with Crippen LogP contribution < -0.4 is 0 Å². The van der Waals surface area contributed by atoms with Gasteiger partial charge in [-0.1, -0.05) is 12.2 Å². The second-order valence-corrected chi connectivity index (χ2v) is 5.02. The molecule has 2 N–H and O–H groups in total. The van der Waals surface area contributed by atoms with Crippen LogP contribution in [-0.2, 0) is 9.47 Å². The summed E-state index contributed by atoms with van der Waals surface area (Å²) < 4.78 is 11.0. The summed E-state index contributed by atoms with van der Waals surface area (Å²) in [6.07, 6.45) is 2.94. The van der Waals surface area contributed by atoms with E-state index >= 15 is 0 Å². The van der Waals surface area contributed by atoms with E-state index in [0.29, 0.717) is 12.8 Å². The average Bonchev–Trinajstić information content (AvgIpc) is 3.14. The van der Waals surface area contributed by atoms with Gasteiger partial charge in [0.25, 0.3) is 0 Å². The van der Waals surface area contributed by atoms with E-state index < -0.39 is 12.2 Å². The van der Waals surface area contributed by atoms with Crippen LogP contribution in [0.5, 0.6) is 0 Å². The van der Waals surface area contributed by atoms with Crippen LogP contribution in [0.4, 0.5) is 0 Å². The number of ether oxygens (including phenoxy) is 2.